The number of aromatic nitrogens is 2. The highest BCUT2D eigenvalue weighted by Crippen LogP contribution is 2.24. The molecule has 0 aliphatic carbocycles. The van der Waals surface area contributed by atoms with Gasteiger partial charge in [0.1, 0.15) is 5.82 Å². The molecule has 0 amide bonds. The standard InChI is InChI=1S/C22H30FIN4O4S/c1-4-32-15-18(24)13-20-21(26-9-11-27(12-10-26)33(30,31)16(2)3)14-25-28(22(20)29)19-7-5-17(23)6-8-19/h5-8,14,16,18H,4,9-13,15H2,1-3H3. The Labute approximate surface area is 207 Å². The van der Waals surface area contributed by atoms with Crippen molar-refractivity contribution in [3.8, 4) is 5.69 Å². The molecule has 3 rings (SSSR count). The maximum atomic E-state index is 13.5. The molecule has 1 aromatic heterocycles. The number of sulfonamides is 1. The molecule has 1 saturated heterocycles. The summed E-state index contributed by atoms with van der Waals surface area (Å²) >= 11 is 2.28. The largest absolute Gasteiger partial charge is 0.381 e. The van der Waals surface area contributed by atoms with Gasteiger partial charge in [-0.15, -0.1) is 0 Å². The molecule has 2 aromatic rings. The first kappa shape index (κ1) is 26.0. The minimum Gasteiger partial charge on any atom is -0.381 e. The van der Waals surface area contributed by atoms with Crippen molar-refractivity contribution in [1.29, 1.82) is 0 Å². The second-order valence-corrected chi connectivity index (χ2v) is 12.4. The van der Waals surface area contributed by atoms with Gasteiger partial charge in [0.05, 0.1) is 29.4 Å². The van der Waals surface area contributed by atoms with Crippen LogP contribution in [0.25, 0.3) is 5.69 Å². The first-order chi connectivity index (χ1) is 15.6. The Hall–Kier alpha value is -1.57. The van der Waals surface area contributed by atoms with E-state index in [4.69, 9.17) is 4.74 Å². The lowest BCUT2D eigenvalue weighted by molar-refractivity contribution is 0.151. The predicted octanol–water partition coefficient (Wildman–Crippen LogP) is 2.61. The van der Waals surface area contributed by atoms with Crippen LogP contribution in [-0.2, 0) is 21.2 Å². The first-order valence-corrected chi connectivity index (χ1v) is 13.7. The monoisotopic (exact) mass is 592 g/mol. The molecule has 1 aromatic carbocycles. The van der Waals surface area contributed by atoms with Crippen molar-refractivity contribution < 1.29 is 17.5 Å². The Kier molecular flexibility index (Phi) is 8.87. The van der Waals surface area contributed by atoms with Crippen LogP contribution in [0.4, 0.5) is 10.1 Å². The lowest BCUT2D eigenvalue weighted by Gasteiger charge is -2.36. The highest BCUT2D eigenvalue weighted by Gasteiger charge is 2.31. The zero-order valence-corrected chi connectivity index (χ0v) is 22.1. The third-order valence-corrected chi connectivity index (χ3v) is 8.67. The molecule has 182 valence electrons. The van der Waals surface area contributed by atoms with E-state index in [9.17, 15) is 17.6 Å². The maximum absolute atomic E-state index is 13.5. The van der Waals surface area contributed by atoms with Crippen molar-refractivity contribution in [3.63, 3.8) is 0 Å². The smallest absolute Gasteiger partial charge is 0.276 e. The number of alkyl halides is 1. The zero-order chi connectivity index (χ0) is 24.2. The fourth-order valence-corrected chi connectivity index (χ4v) is 5.68. The average Bonchev–Trinajstić information content (AvgIpc) is 2.79. The summed E-state index contributed by atoms with van der Waals surface area (Å²) in [4.78, 5) is 15.5. The van der Waals surface area contributed by atoms with Crippen molar-refractivity contribution in [2.45, 2.75) is 36.4 Å². The fourth-order valence-electron chi connectivity index (χ4n) is 3.72. The summed E-state index contributed by atoms with van der Waals surface area (Å²) in [5.74, 6) is -0.387. The zero-order valence-electron chi connectivity index (χ0n) is 19.1. The quantitative estimate of drug-likeness (QED) is 0.329. The molecule has 1 unspecified atom stereocenters. The fraction of sp³-hybridized carbons (Fsp3) is 0.545. The lowest BCUT2D eigenvalue weighted by Crippen LogP contribution is -2.51. The maximum Gasteiger partial charge on any atom is 0.276 e. The van der Waals surface area contributed by atoms with Gasteiger partial charge in [0.25, 0.3) is 5.56 Å². The molecular weight excluding hydrogens is 562 g/mol. The van der Waals surface area contributed by atoms with Gasteiger partial charge < -0.3 is 9.64 Å². The van der Waals surface area contributed by atoms with E-state index in [1.165, 1.54) is 33.3 Å². The van der Waals surface area contributed by atoms with Crippen molar-refractivity contribution in [2.75, 3.05) is 44.3 Å². The Morgan fingerprint density at radius 3 is 2.36 bits per heavy atom. The molecule has 33 heavy (non-hydrogen) atoms. The van der Waals surface area contributed by atoms with Gasteiger partial charge in [-0.25, -0.2) is 12.8 Å². The molecule has 0 spiro atoms. The van der Waals surface area contributed by atoms with Gasteiger partial charge in [-0.05, 0) is 51.5 Å². The molecule has 0 radical (unpaired) electrons. The summed E-state index contributed by atoms with van der Waals surface area (Å²) in [5.41, 5.74) is 1.51. The SMILES string of the molecule is CCOCC(I)Cc1c(N2CCN(S(=O)(=O)C(C)C)CC2)cnn(-c2ccc(F)cc2)c1=O. The van der Waals surface area contributed by atoms with E-state index in [0.717, 1.165) is 0 Å². The molecule has 0 saturated carbocycles. The van der Waals surface area contributed by atoms with Crippen LogP contribution >= 0.6 is 22.6 Å². The van der Waals surface area contributed by atoms with Gasteiger partial charge in [0.15, 0.2) is 0 Å². The van der Waals surface area contributed by atoms with E-state index >= 15 is 0 Å². The Morgan fingerprint density at radius 1 is 1.15 bits per heavy atom. The predicted molar refractivity (Wildman–Crippen MR) is 136 cm³/mol. The number of hydrogen-bond acceptors (Lipinski definition) is 6. The van der Waals surface area contributed by atoms with E-state index in [1.807, 2.05) is 11.8 Å². The third kappa shape index (κ3) is 6.11. The summed E-state index contributed by atoms with van der Waals surface area (Å²) < 4.78 is 46.8. The minimum absolute atomic E-state index is 0.0701. The van der Waals surface area contributed by atoms with Gasteiger partial charge in [0, 0.05) is 42.3 Å². The van der Waals surface area contributed by atoms with Crippen molar-refractivity contribution in [2.24, 2.45) is 0 Å². The Balaban J connectivity index is 1.93. The molecule has 8 nitrogen and oxygen atoms in total. The molecular formula is C22H30FIN4O4S. The van der Waals surface area contributed by atoms with E-state index < -0.39 is 15.3 Å². The van der Waals surface area contributed by atoms with Crippen molar-refractivity contribution in [1.82, 2.24) is 14.1 Å². The number of anilines is 1. The van der Waals surface area contributed by atoms with Crippen molar-refractivity contribution in [3.05, 3.63) is 52.2 Å². The number of rotatable bonds is 9. The number of ether oxygens (including phenoxy) is 1. The van der Waals surface area contributed by atoms with Crippen LogP contribution < -0.4 is 10.5 Å². The second kappa shape index (κ2) is 11.2. The van der Waals surface area contributed by atoms with Crippen LogP contribution in [0.1, 0.15) is 26.3 Å². The number of benzene rings is 1. The number of nitrogens with zero attached hydrogens (tertiary/aromatic N) is 4. The normalized spacial score (nSPS) is 16.4. The minimum atomic E-state index is -3.32. The summed E-state index contributed by atoms with van der Waals surface area (Å²) in [6.07, 6.45) is 2.12. The van der Waals surface area contributed by atoms with Gasteiger partial charge in [0.2, 0.25) is 10.0 Å². The van der Waals surface area contributed by atoms with E-state index in [2.05, 4.69) is 27.7 Å². The van der Waals surface area contributed by atoms with Gasteiger partial charge >= 0.3 is 0 Å². The number of hydrogen-bond donors (Lipinski definition) is 0. The highest BCUT2D eigenvalue weighted by atomic mass is 127. The van der Waals surface area contributed by atoms with Crippen LogP contribution in [0.3, 0.4) is 0 Å². The molecule has 0 bridgehead atoms. The highest BCUT2D eigenvalue weighted by molar-refractivity contribution is 14.1. The van der Waals surface area contributed by atoms with E-state index in [1.54, 1.807) is 20.0 Å². The second-order valence-electron chi connectivity index (χ2n) is 8.14. The van der Waals surface area contributed by atoms with Gasteiger partial charge in [-0.1, -0.05) is 22.6 Å². The van der Waals surface area contributed by atoms with Crippen LogP contribution in [-0.4, -0.2) is 71.1 Å². The van der Waals surface area contributed by atoms with Crippen LogP contribution in [0.2, 0.25) is 0 Å². The third-order valence-electron chi connectivity index (χ3n) is 5.59. The van der Waals surface area contributed by atoms with Crippen LogP contribution in [0.5, 0.6) is 0 Å². The molecule has 0 N–H and O–H groups in total. The summed E-state index contributed by atoms with van der Waals surface area (Å²) in [6.45, 7) is 8.03. The molecule has 1 aliphatic rings. The Bertz CT molecular complexity index is 1100. The number of piperazine rings is 1. The van der Waals surface area contributed by atoms with Crippen molar-refractivity contribution >= 4 is 38.3 Å². The summed E-state index contributed by atoms with van der Waals surface area (Å²) in [5, 5.41) is 3.88. The van der Waals surface area contributed by atoms with Gasteiger partial charge in [-0.3, -0.25) is 4.79 Å². The van der Waals surface area contributed by atoms with E-state index in [0.29, 0.717) is 62.8 Å². The van der Waals surface area contributed by atoms with Crippen LogP contribution in [0.15, 0.2) is 35.3 Å². The van der Waals surface area contributed by atoms with Gasteiger partial charge in [-0.2, -0.15) is 14.1 Å². The first-order valence-electron chi connectivity index (χ1n) is 11.0. The van der Waals surface area contributed by atoms with E-state index in [-0.39, 0.29) is 15.3 Å². The molecule has 1 atom stereocenters. The summed E-state index contributed by atoms with van der Waals surface area (Å²) in [7, 11) is -3.32. The topological polar surface area (TPSA) is 84.7 Å². The summed E-state index contributed by atoms with van der Waals surface area (Å²) in [6, 6.07) is 5.62. The molecule has 1 aliphatic heterocycles. The lowest BCUT2D eigenvalue weighted by atomic mass is 10.1. The number of halogens is 2. The Morgan fingerprint density at radius 2 is 1.79 bits per heavy atom. The molecule has 11 heteroatoms. The molecule has 1 fully saturated rings. The average molecular weight is 592 g/mol. The molecule has 2 heterocycles. The van der Waals surface area contributed by atoms with Crippen LogP contribution in [0, 0.1) is 5.82 Å².